The molecule has 1 saturated heterocycles. The third-order valence-electron chi connectivity index (χ3n) is 6.05. The van der Waals surface area contributed by atoms with Crippen molar-refractivity contribution in [3.63, 3.8) is 0 Å². The number of carbonyl (C=O) groups is 1. The van der Waals surface area contributed by atoms with Crippen LogP contribution in [0.2, 0.25) is 0 Å². The Bertz CT molecular complexity index is 657. The smallest absolute Gasteiger partial charge is 0.335 e. The minimum atomic E-state index is -4.17. The molecule has 1 aliphatic carbocycles. The van der Waals surface area contributed by atoms with Crippen LogP contribution in [-0.4, -0.2) is 42.3 Å². The first-order chi connectivity index (χ1) is 13.3. The average Bonchev–Trinajstić information content (AvgIpc) is 2.65. The number of halogens is 3. The number of likely N-dealkylation sites (tertiary alicyclic amines) is 1. The van der Waals surface area contributed by atoms with Crippen molar-refractivity contribution in [3.05, 3.63) is 35.4 Å². The predicted octanol–water partition coefficient (Wildman–Crippen LogP) is 4.38. The summed E-state index contributed by atoms with van der Waals surface area (Å²) in [5.74, 6) is -1.30. The minimum absolute atomic E-state index is 0.00814. The average molecular weight is 397 g/mol. The molecule has 2 aliphatic rings. The molecular weight excluding hydrogens is 367 g/mol. The van der Waals surface area contributed by atoms with Gasteiger partial charge in [0, 0.05) is 31.7 Å². The van der Waals surface area contributed by atoms with E-state index in [4.69, 9.17) is 0 Å². The molecular formula is C21H30F3N3O. The Labute approximate surface area is 164 Å². The lowest BCUT2D eigenvalue weighted by Crippen LogP contribution is -2.51. The summed E-state index contributed by atoms with van der Waals surface area (Å²) in [6, 6.07) is 7.71. The summed E-state index contributed by atoms with van der Waals surface area (Å²) in [7, 11) is 0. The first kappa shape index (κ1) is 21.0. The largest absolute Gasteiger partial charge is 0.391 e. The molecule has 3 rings (SSSR count). The molecule has 1 aromatic rings. The van der Waals surface area contributed by atoms with Crippen molar-refractivity contribution in [2.24, 2.45) is 5.92 Å². The van der Waals surface area contributed by atoms with E-state index in [2.05, 4.69) is 40.7 Å². The molecule has 2 fully saturated rings. The van der Waals surface area contributed by atoms with E-state index in [9.17, 15) is 18.0 Å². The number of hydrogen-bond donors (Lipinski definition) is 2. The quantitative estimate of drug-likeness (QED) is 0.792. The lowest BCUT2D eigenvalue weighted by atomic mass is 9.85. The molecule has 7 heteroatoms. The second-order valence-electron chi connectivity index (χ2n) is 8.20. The van der Waals surface area contributed by atoms with Gasteiger partial charge in [-0.2, -0.15) is 13.2 Å². The van der Waals surface area contributed by atoms with E-state index in [-0.39, 0.29) is 31.0 Å². The molecule has 2 N–H and O–H groups in total. The van der Waals surface area contributed by atoms with Gasteiger partial charge in [0.1, 0.15) is 0 Å². The number of urea groups is 1. The summed E-state index contributed by atoms with van der Waals surface area (Å²) in [5.41, 5.74) is 2.61. The zero-order valence-corrected chi connectivity index (χ0v) is 16.4. The van der Waals surface area contributed by atoms with Gasteiger partial charge in [0.15, 0.2) is 0 Å². The number of carbonyl (C=O) groups excluding carboxylic acids is 1. The van der Waals surface area contributed by atoms with Gasteiger partial charge < -0.3 is 10.6 Å². The molecule has 4 nitrogen and oxygen atoms in total. The fourth-order valence-corrected chi connectivity index (χ4v) is 4.29. The highest BCUT2D eigenvalue weighted by atomic mass is 19.4. The van der Waals surface area contributed by atoms with E-state index >= 15 is 0 Å². The Morgan fingerprint density at radius 1 is 1.07 bits per heavy atom. The number of rotatable bonds is 4. The molecule has 0 unspecified atom stereocenters. The number of amides is 2. The van der Waals surface area contributed by atoms with Gasteiger partial charge >= 0.3 is 12.2 Å². The summed E-state index contributed by atoms with van der Waals surface area (Å²) in [6.45, 7) is 4.83. The lowest BCUT2D eigenvalue weighted by Gasteiger charge is -2.34. The maximum Gasteiger partial charge on any atom is 0.391 e. The van der Waals surface area contributed by atoms with Crippen LogP contribution in [0.3, 0.4) is 0 Å². The van der Waals surface area contributed by atoms with Crippen LogP contribution in [0, 0.1) is 12.8 Å². The van der Waals surface area contributed by atoms with Crippen molar-refractivity contribution in [1.82, 2.24) is 15.5 Å². The second kappa shape index (κ2) is 9.16. The van der Waals surface area contributed by atoms with E-state index < -0.39 is 12.1 Å². The maximum atomic E-state index is 12.9. The van der Waals surface area contributed by atoms with Crippen LogP contribution < -0.4 is 10.6 Å². The normalized spacial score (nSPS) is 24.7. The summed E-state index contributed by atoms with van der Waals surface area (Å²) in [5, 5.41) is 5.72. The van der Waals surface area contributed by atoms with Crippen molar-refractivity contribution in [2.45, 2.75) is 70.3 Å². The SMILES string of the molecule is Cc1ccccc1CN1CCC(NC(=O)N[C@H]2CCC[C@H](C(F)(F)F)C2)CC1. The second-order valence-corrected chi connectivity index (χ2v) is 8.20. The molecule has 1 aromatic carbocycles. The van der Waals surface area contributed by atoms with Gasteiger partial charge in [-0.05, 0) is 50.2 Å². The van der Waals surface area contributed by atoms with Crippen LogP contribution in [-0.2, 0) is 6.54 Å². The van der Waals surface area contributed by atoms with Crippen LogP contribution in [0.1, 0.15) is 49.7 Å². The van der Waals surface area contributed by atoms with E-state index in [1.165, 1.54) is 11.1 Å². The molecule has 0 radical (unpaired) electrons. The molecule has 1 saturated carbocycles. The molecule has 0 aromatic heterocycles. The van der Waals surface area contributed by atoms with Gasteiger partial charge in [0.25, 0.3) is 0 Å². The van der Waals surface area contributed by atoms with Crippen molar-refractivity contribution < 1.29 is 18.0 Å². The number of aryl methyl sites for hydroxylation is 1. The van der Waals surface area contributed by atoms with Gasteiger partial charge in [0.2, 0.25) is 0 Å². The van der Waals surface area contributed by atoms with E-state index in [1.807, 2.05) is 6.07 Å². The highest BCUT2D eigenvalue weighted by molar-refractivity contribution is 5.74. The topological polar surface area (TPSA) is 44.4 Å². The monoisotopic (exact) mass is 397 g/mol. The third kappa shape index (κ3) is 5.87. The Hall–Kier alpha value is -1.76. The fourth-order valence-electron chi connectivity index (χ4n) is 4.29. The van der Waals surface area contributed by atoms with Gasteiger partial charge in [-0.15, -0.1) is 0 Å². The number of benzene rings is 1. The zero-order chi connectivity index (χ0) is 20.1. The Balaban J connectivity index is 1.40. The number of nitrogens with zero attached hydrogens (tertiary/aromatic N) is 1. The Morgan fingerprint density at radius 3 is 2.43 bits per heavy atom. The van der Waals surface area contributed by atoms with Crippen LogP contribution in [0.15, 0.2) is 24.3 Å². The molecule has 156 valence electrons. The molecule has 0 spiro atoms. The van der Waals surface area contributed by atoms with Crippen molar-refractivity contribution in [3.8, 4) is 0 Å². The lowest BCUT2D eigenvalue weighted by molar-refractivity contribution is -0.183. The van der Waals surface area contributed by atoms with E-state index in [0.29, 0.717) is 12.8 Å². The maximum absolute atomic E-state index is 12.9. The van der Waals surface area contributed by atoms with Crippen molar-refractivity contribution >= 4 is 6.03 Å². The van der Waals surface area contributed by atoms with Gasteiger partial charge in [-0.25, -0.2) is 4.79 Å². The summed E-state index contributed by atoms with van der Waals surface area (Å²) >= 11 is 0. The fraction of sp³-hybridized carbons (Fsp3) is 0.667. The van der Waals surface area contributed by atoms with E-state index in [1.54, 1.807) is 0 Å². The summed E-state index contributed by atoms with van der Waals surface area (Å²) < 4.78 is 38.7. The molecule has 2 amide bonds. The molecule has 2 atom stereocenters. The predicted molar refractivity (Wildman–Crippen MR) is 103 cm³/mol. The molecule has 28 heavy (non-hydrogen) atoms. The first-order valence-electron chi connectivity index (χ1n) is 10.2. The zero-order valence-electron chi connectivity index (χ0n) is 16.4. The van der Waals surface area contributed by atoms with Gasteiger partial charge in [0.05, 0.1) is 5.92 Å². The minimum Gasteiger partial charge on any atom is -0.335 e. The van der Waals surface area contributed by atoms with Crippen LogP contribution in [0.25, 0.3) is 0 Å². The third-order valence-corrected chi connectivity index (χ3v) is 6.05. The number of nitrogens with one attached hydrogen (secondary N) is 2. The Morgan fingerprint density at radius 2 is 1.75 bits per heavy atom. The number of hydrogen-bond acceptors (Lipinski definition) is 2. The van der Waals surface area contributed by atoms with E-state index in [0.717, 1.165) is 32.5 Å². The van der Waals surface area contributed by atoms with Crippen LogP contribution in [0.4, 0.5) is 18.0 Å². The van der Waals surface area contributed by atoms with Crippen molar-refractivity contribution in [1.29, 1.82) is 0 Å². The summed E-state index contributed by atoms with van der Waals surface area (Å²) in [6.07, 6.45) is -1.17. The van der Waals surface area contributed by atoms with Crippen LogP contribution in [0.5, 0.6) is 0 Å². The summed E-state index contributed by atoms with van der Waals surface area (Å²) in [4.78, 5) is 14.6. The standard InChI is InChI=1S/C21H30F3N3O/c1-15-5-2-3-6-16(15)14-27-11-9-18(10-12-27)25-20(28)26-19-8-4-7-17(13-19)21(22,23)24/h2-3,5-6,17-19H,4,7-14H2,1H3,(H2,25,26,28)/t17-,19-/m0/s1. The number of piperidine rings is 1. The first-order valence-corrected chi connectivity index (χ1v) is 10.2. The molecule has 1 aliphatic heterocycles. The molecule has 1 heterocycles. The highest BCUT2D eigenvalue weighted by Gasteiger charge is 2.42. The highest BCUT2D eigenvalue weighted by Crippen LogP contribution is 2.37. The van der Waals surface area contributed by atoms with Crippen LogP contribution >= 0.6 is 0 Å². The Kier molecular flexibility index (Phi) is 6.86. The van der Waals surface area contributed by atoms with Gasteiger partial charge in [-0.1, -0.05) is 30.7 Å². The van der Waals surface area contributed by atoms with Gasteiger partial charge in [-0.3, -0.25) is 4.90 Å². The molecule has 0 bridgehead atoms. The van der Waals surface area contributed by atoms with Crippen molar-refractivity contribution in [2.75, 3.05) is 13.1 Å². The number of alkyl halides is 3.